The third kappa shape index (κ3) is 2.86. The minimum atomic E-state index is -0.411. The molecular formula is C14H9BrClN3O2. The smallest absolute Gasteiger partial charge is 0.291 e. The first-order chi connectivity index (χ1) is 10.0. The minimum absolute atomic E-state index is 0.173. The van der Waals surface area contributed by atoms with Crippen LogP contribution in [-0.4, -0.2) is 10.9 Å². The molecule has 0 saturated carbocycles. The fraction of sp³-hybridized carbons (Fsp3) is 0. The van der Waals surface area contributed by atoms with Gasteiger partial charge in [0.15, 0.2) is 10.9 Å². The number of benzene rings is 1. The van der Waals surface area contributed by atoms with E-state index in [1.807, 2.05) is 0 Å². The Morgan fingerprint density at radius 3 is 2.95 bits per heavy atom. The number of furan rings is 1. The summed E-state index contributed by atoms with van der Waals surface area (Å²) in [5.41, 5.74) is 7.29. The fourth-order valence-electron chi connectivity index (χ4n) is 1.87. The fourth-order valence-corrected chi connectivity index (χ4v) is 2.35. The molecular weight excluding hydrogens is 358 g/mol. The summed E-state index contributed by atoms with van der Waals surface area (Å²) in [5.74, 6) is -0.238. The molecule has 0 aliphatic heterocycles. The van der Waals surface area contributed by atoms with Gasteiger partial charge in [0.2, 0.25) is 0 Å². The van der Waals surface area contributed by atoms with E-state index in [9.17, 15) is 4.79 Å². The summed E-state index contributed by atoms with van der Waals surface area (Å²) in [4.78, 5) is 16.1. The minimum Gasteiger partial charge on any atom is -0.451 e. The van der Waals surface area contributed by atoms with Crippen molar-refractivity contribution in [1.82, 2.24) is 4.98 Å². The number of amides is 1. The molecule has 0 atom stereocenters. The first kappa shape index (κ1) is 13.9. The lowest BCUT2D eigenvalue weighted by atomic mass is 10.2. The van der Waals surface area contributed by atoms with Gasteiger partial charge in [-0.05, 0) is 46.3 Å². The Morgan fingerprint density at radius 2 is 2.14 bits per heavy atom. The molecule has 0 aliphatic carbocycles. The molecule has 3 N–H and O–H groups in total. The lowest BCUT2D eigenvalue weighted by molar-refractivity contribution is 0.0998. The maximum atomic E-state index is 12.2. The summed E-state index contributed by atoms with van der Waals surface area (Å²) in [6.45, 7) is 0. The van der Waals surface area contributed by atoms with Gasteiger partial charge in [0.1, 0.15) is 5.58 Å². The zero-order valence-corrected chi connectivity index (χ0v) is 12.9. The van der Waals surface area contributed by atoms with Gasteiger partial charge in [-0.3, -0.25) is 4.79 Å². The first-order valence-corrected chi connectivity index (χ1v) is 7.11. The normalized spacial score (nSPS) is 10.8. The molecule has 106 valence electrons. The molecule has 0 radical (unpaired) electrons. The maximum absolute atomic E-state index is 12.2. The van der Waals surface area contributed by atoms with Gasteiger partial charge in [0.05, 0.1) is 5.69 Å². The molecule has 1 amide bonds. The van der Waals surface area contributed by atoms with Gasteiger partial charge in [-0.1, -0.05) is 11.6 Å². The Balaban J connectivity index is 1.91. The highest BCUT2D eigenvalue weighted by Gasteiger charge is 2.14. The third-order valence-electron chi connectivity index (χ3n) is 2.82. The number of fused-ring (bicyclic) bond motifs is 1. The van der Waals surface area contributed by atoms with Crippen LogP contribution in [0.3, 0.4) is 0 Å². The van der Waals surface area contributed by atoms with Crippen LogP contribution in [0, 0.1) is 0 Å². The van der Waals surface area contributed by atoms with Crippen molar-refractivity contribution in [3.05, 3.63) is 51.9 Å². The zero-order chi connectivity index (χ0) is 15.0. The Hall–Kier alpha value is -2.05. The predicted molar refractivity (Wildman–Crippen MR) is 85.5 cm³/mol. The highest BCUT2D eigenvalue weighted by molar-refractivity contribution is 9.10. The van der Waals surface area contributed by atoms with Crippen LogP contribution in [0.4, 0.5) is 11.4 Å². The van der Waals surface area contributed by atoms with Crippen molar-refractivity contribution in [2.75, 3.05) is 11.1 Å². The van der Waals surface area contributed by atoms with E-state index >= 15 is 0 Å². The summed E-state index contributed by atoms with van der Waals surface area (Å²) in [7, 11) is 0. The monoisotopic (exact) mass is 365 g/mol. The molecule has 7 heteroatoms. The average Bonchev–Trinajstić information content (AvgIpc) is 2.86. The summed E-state index contributed by atoms with van der Waals surface area (Å²) in [5, 5.41) is 3.62. The van der Waals surface area contributed by atoms with Gasteiger partial charge in [0.25, 0.3) is 5.91 Å². The SMILES string of the molecule is Nc1ccc2oc(C(=O)Nc3cc(Br)cnc3Cl)cc2c1. The van der Waals surface area contributed by atoms with Gasteiger partial charge in [-0.15, -0.1) is 0 Å². The van der Waals surface area contributed by atoms with Crippen LogP contribution in [0.25, 0.3) is 11.0 Å². The number of aromatic nitrogens is 1. The standard InChI is InChI=1S/C14H9BrClN3O2/c15-8-5-10(13(16)18-6-8)19-14(20)12-4-7-3-9(17)1-2-11(7)21-12/h1-6H,17H2,(H,19,20). The van der Waals surface area contributed by atoms with E-state index in [-0.39, 0.29) is 10.9 Å². The van der Waals surface area contributed by atoms with E-state index in [2.05, 4.69) is 26.2 Å². The molecule has 0 unspecified atom stereocenters. The van der Waals surface area contributed by atoms with Crippen LogP contribution >= 0.6 is 27.5 Å². The molecule has 0 spiro atoms. The number of carbonyl (C=O) groups is 1. The summed E-state index contributed by atoms with van der Waals surface area (Å²) < 4.78 is 6.19. The average molecular weight is 367 g/mol. The molecule has 3 aromatic rings. The summed E-state index contributed by atoms with van der Waals surface area (Å²) in [6.07, 6.45) is 1.54. The van der Waals surface area contributed by atoms with Crippen molar-refractivity contribution < 1.29 is 9.21 Å². The Labute approximate surface area is 133 Å². The van der Waals surface area contributed by atoms with Crippen LogP contribution in [-0.2, 0) is 0 Å². The largest absolute Gasteiger partial charge is 0.451 e. The molecule has 1 aromatic carbocycles. The van der Waals surface area contributed by atoms with Gasteiger partial charge in [0, 0.05) is 21.7 Å². The number of hydrogen-bond acceptors (Lipinski definition) is 4. The van der Waals surface area contributed by atoms with Gasteiger partial charge >= 0.3 is 0 Å². The van der Waals surface area contributed by atoms with E-state index < -0.39 is 5.91 Å². The van der Waals surface area contributed by atoms with Gasteiger partial charge in [-0.2, -0.15) is 0 Å². The van der Waals surface area contributed by atoms with Crippen LogP contribution in [0.5, 0.6) is 0 Å². The van der Waals surface area contributed by atoms with Gasteiger partial charge < -0.3 is 15.5 Å². The van der Waals surface area contributed by atoms with Crippen LogP contribution in [0.1, 0.15) is 10.6 Å². The molecule has 2 heterocycles. The number of hydrogen-bond donors (Lipinski definition) is 2. The van der Waals surface area contributed by atoms with E-state index in [0.29, 0.717) is 21.4 Å². The zero-order valence-electron chi connectivity index (χ0n) is 10.6. The molecule has 2 aromatic heterocycles. The molecule has 0 bridgehead atoms. The summed E-state index contributed by atoms with van der Waals surface area (Å²) >= 11 is 9.20. The van der Waals surface area contributed by atoms with Crippen molar-refractivity contribution in [3.63, 3.8) is 0 Å². The number of nitrogens with two attached hydrogens (primary N) is 1. The van der Waals surface area contributed by atoms with Crippen LogP contribution in [0.2, 0.25) is 5.15 Å². The third-order valence-corrected chi connectivity index (χ3v) is 3.55. The number of anilines is 2. The Bertz CT molecular complexity index is 847. The van der Waals surface area contributed by atoms with E-state index in [1.54, 1.807) is 36.5 Å². The molecule has 0 aliphatic rings. The number of nitrogens with zero attached hydrogens (tertiary/aromatic N) is 1. The quantitative estimate of drug-likeness (QED) is 0.529. The first-order valence-electron chi connectivity index (χ1n) is 5.94. The molecule has 0 fully saturated rings. The van der Waals surface area contributed by atoms with Gasteiger partial charge in [-0.25, -0.2) is 4.98 Å². The summed E-state index contributed by atoms with van der Waals surface area (Å²) in [6, 6.07) is 8.45. The van der Waals surface area contributed by atoms with Crippen molar-refractivity contribution in [1.29, 1.82) is 0 Å². The highest BCUT2D eigenvalue weighted by Crippen LogP contribution is 2.25. The topological polar surface area (TPSA) is 81.1 Å². The number of carbonyl (C=O) groups excluding carboxylic acids is 1. The maximum Gasteiger partial charge on any atom is 0.291 e. The van der Waals surface area contributed by atoms with Crippen molar-refractivity contribution in [2.45, 2.75) is 0 Å². The van der Waals surface area contributed by atoms with Crippen LogP contribution in [0.15, 0.2) is 45.4 Å². The number of rotatable bonds is 2. The number of nitrogen functional groups attached to an aromatic ring is 1. The molecule has 21 heavy (non-hydrogen) atoms. The highest BCUT2D eigenvalue weighted by atomic mass is 79.9. The lowest BCUT2D eigenvalue weighted by Crippen LogP contribution is -2.11. The predicted octanol–water partition coefficient (Wildman–Crippen LogP) is 4.08. The van der Waals surface area contributed by atoms with E-state index in [0.717, 1.165) is 5.39 Å². The Morgan fingerprint density at radius 1 is 1.33 bits per heavy atom. The van der Waals surface area contributed by atoms with E-state index in [1.165, 1.54) is 0 Å². The molecule has 3 rings (SSSR count). The second-order valence-electron chi connectivity index (χ2n) is 4.35. The molecule has 5 nitrogen and oxygen atoms in total. The van der Waals surface area contributed by atoms with E-state index in [4.69, 9.17) is 21.8 Å². The Kier molecular flexibility index (Phi) is 3.57. The molecule has 0 saturated heterocycles. The second-order valence-corrected chi connectivity index (χ2v) is 5.63. The van der Waals surface area contributed by atoms with Crippen molar-refractivity contribution in [3.8, 4) is 0 Å². The van der Waals surface area contributed by atoms with Crippen molar-refractivity contribution in [2.24, 2.45) is 0 Å². The number of nitrogens with one attached hydrogen (secondary N) is 1. The lowest BCUT2D eigenvalue weighted by Gasteiger charge is -2.04. The van der Waals surface area contributed by atoms with Crippen molar-refractivity contribution >= 4 is 55.8 Å². The second kappa shape index (κ2) is 5.38. The number of halogens is 2. The number of pyridine rings is 1. The van der Waals surface area contributed by atoms with Crippen LogP contribution < -0.4 is 11.1 Å².